The molecule has 9 heteroatoms. The molecule has 0 unspecified atom stereocenters. The van der Waals surface area contributed by atoms with Crippen molar-refractivity contribution >= 4 is 27.5 Å². The summed E-state index contributed by atoms with van der Waals surface area (Å²) in [7, 11) is 0. The molecular formula is C19H15BrF3N3O2. The molecular weight excluding hydrogens is 439 g/mol. The average Bonchev–Trinajstić information content (AvgIpc) is 3.10. The number of amides is 1. The molecule has 5 nitrogen and oxygen atoms in total. The Morgan fingerprint density at radius 3 is 2.54 bits per heavy atom. The number of alkyl halides is 3. The fraction of sp³-hybridized carbons (Fsp3) is 0.211. The highest BCUT2D eigenvalue weighted by Crippen LogP contribution is 2.36. The van der Waals surface area contributed by atoms with Crippen LogP contribution in [0.2, 0.25) is 0 Å². The van der Waals surface area contributed by atoms with Gasteiger partial charge in [0.1, 0.15) is 0 Å². The minimum Gasteiger partial charge on any atom is -0.421 e. The molecule has 0 saturated carbocycles. The third-order valence-electron chi connectivity index (χ3n) is 3.89. The molecule has 0 aliphatic rings. The van der Waals surface area contributed by atoms with Crippen LogP contribution < -0.4 is 5.32 Å². The molecule has 1 aromatic heterocycles. The van der Waals surface area contributed by atoms with E-state index in [1.165, 1.54) is 12.1 Å². The average molecular weight is 454 g/mol. The second-order valence-corrected chi connectivity index (χ2v) is 6.96. The van der Waals surface area contributed by atoms with Crippen molar-refractivity contribution in [1.82, 2.24) is 10.2 Å². The number of nitrogens with one attached hydrogen (secondary N) is 1. The molecule has 2 aromatic carbocycles. The molecule has 3 aromatic rings. The molecule has 1 heterocycles. The molecule has 0 spiro atoms. The summed E-state index contributed by atoms with van der Waals surface area (Å²) >= 11 is 2.86. The van der Waals surface area contributed by atoms with Crippen LogP contribution in [0.3, 0.4) is 0 Å². The summed E-state index contributed by atoms with van der Waals surface area (Å²) in [5.74, 6) is 0.168. The van der Waals surface area contributed by atoms with Crippen LogP contribution in [-0.2, 0) is 17.4 Å². The third kappa shape index (κ3) is 4.98. The summed E-state index contributed by atoms with van der Waals surface area (Å²) in [6, 6.07) is 11.0. The summed E-state index contributed by atoms with van der Waals surface area (Å²) in [5, 5.41) is 10.3. The number of rotatable bonds is 5. The highest BCUT2D eigenvalue weighted by Gasteiger charge is 2.33. The Morgan fingerprint density at radius 1 is 1.14 bits per heavy atom. The molecule has 0 aliphatic carbocycles. The molecule has 0 atom stereocenters. The zero-order chi connectivity index (χ0) is 20.3. The molecule has 1 amide bonds. The normalized spacial score (nSPS) is 11.5. The minimum absolute atomic E-state index is 0.00700. The highest BCUT2D eigenvalue weighted by atomic mass is 79.9. The first kappa shape index (κ1) is 20.1. The standard InChI is InChI=1S/C19H15BrF3N3O2/c1-11-2-4-12(5-3-11)18-26-25-17(28-18)9-8-16(27)24-13-6-7-15(20)14(10-13)19(21,22)23/h2-7,10H,8-9H2,1H3,(H,24,27). The predicted molar refractivity (Wildman–Crippen MR) is 101 cm³/mol. The van der Waals surface area contributed by atoms with Crippen molar-refractivity contribution in [3.8, 4) is 11.5 Å². The number of hydrogen-bond donors (Lipinski definition) is 1. The zero-order valence-corrected chi connectivity index (χ0v) is 16.3. The van der Waals surface area contributed by atoms with Crippen LogP contribution >= 0.6 is 15.9 Å². The number of aryl methyl sites for hydroxylation is 2. The maximum absolute atomic E-state index is 12.9. The van der Waals surface area contributed by atoms with E-state index in [0.717, 1.165) is 17.2 Å². The summed E-state index contributed by atoms with van der Waals surface area (Å²) in [4.78, 5) is 12.1. The van der Waals surface area contributed by atoms with E-state index >= 15 is 0 Å². The molecule has 1 N–H and O–H groups in total. The predicted octanol–water partition coefficient (Wildman–Crippen LogP) is 5.40. The SMILES string of the molecule is Cc1ccc(-c2nnc(CCC(=O)Nc3ccc(Br)c(C(F)(F)F)c3)o2)cc1. The lowest BCUT2D eigenvalue weighted by Gasteiger charge is -2.11. The zero-order valence-electron chi connectivity index (χ0n) is 14.7. The number of nitrogens with zero attached hydrogens (tertiary/aromatic N) is 2. The van der Waals surface area contributed by atoms with Crippen LogP contribution in [0.1, 0.15) is 23.4 Å². The van der Waals surface area contributed by atoms with Gasteiger partial charge in [0.2, 0.25) is 17.7 Å². The number of carbonyl (C=O) groups excluding carboxylic acids is 1. The molecule has 0 bridgehead atoms. The molecule has 146 valence electrons. The van der Waals surface area contributed by atoms with Gasteiger partial charge in [0.25, 0.3) is 0 Å². The van der Waals surface area contributed by atoms with Crippen LogP contribution in [0.25, 0.3) is 11.5 Å². The van der Waals surface area contributed by atoms with Crippen molar-refractivity contribution in [2.45, 2.75) is 25.9 Å². The Morgan fingerprint density at radius 2 is 1.86 bits per heavy atom. The van der Waals surface area contributed by atoms with Crippen molar-refractivity contribution in [3.63, 3.8) is 0 Å². The van der Waals surface area contributed by atoms with Crippen LogP contribution in [-0.4, -0.2) is 16.1 Å². The van der Waals surface area contributed by atoms with Gasteiger partial charge in [-0.2, -0.15) is 13.2 Å². The van der Waals surface area contributed by atoms with Crippen LogP contribution in [0, 0.1) is 6.92 Å². The number of aromatic nitrogens is 2. The summed E-state index contributed by atoms with van der Waals surface area (Å²) < 4.78 is 44.2. The first-order valence-corrected chi connectivity index (χ1v) is 9.08. The fourth-order valence-corrected chi connectivity index (χ4v) is 2.90. The topological polar surface area (TPSA) is 68.0 Å². The van der Waals surface area contributed by atoms with E-state index in [2.05, 4.69) is 31.4 Å². The number of anilines is 1. The number of halogens is 4. The van der Waals surface area contributed by atoms with E-state index in [9.17, 15) is 18.0 Å². The lowest BCUT2D eigenvalue weighted by molar-refractivity contribution is -0.138. The van der Waals surface area contributed by atoms with Gasteiger partial charge >= 0.3 is 6.18 Å². The van der Waals surface area contributed by atoms with Crippen molar-refractivity contribution in [2.75, 3.05) is 5.32 Å². The number of carbonyl (C=O) groups is 1. The van der Waals surface area contributed by atoms with Gasteiger partial charge in [-0.1, -0.05) is 33.6 Å². The number of hydrogen-bond acceptors (Lipinski definition) is 4. The van der Waals surface area contributed by atoms with Gasteiger partial charge in [0.05, 0.1) is 5.56 Å². The second kappa shape index (κ2) is 8.14. The quantitative estimate of drug-likeness (QED) is 0.561. The maximum atomic E-state index is 12.9. The molecule has 3 rings (SSSR count). The van der Waals surface area contributed by atoms with Crippen molar-refractivity contribution in [1.29, 1.82) is 0 Å². The van der Waals surface area contributed by atoms with E-state index in [1.807, 2.05) is 31.2 Å². The van der Waals surface area contributed by atoms with Crippen LogP contribution in [0.15, 0.2) is 51.4 Å². The maximum Gasteiger partial charge on any atom is 0.417 e. The van der Waals surface area contributed by atoms with E-state index in [4.69, 9.17) is 4.42 Å². The van der Waals surface area contributed by atoms with E-state index < -0.39 is 17.6 Å². The van der Waals surface area contributed by atoms with Gasteiger partial charge in [-0.25, -0.2) is 0 Å². The Balaban J connectivity index is 1.60. The van der Waals surface area contributed by atoms with Gasteiger partial charge in [0, 0.05) is 28.6 Å². The molecule has 28 heavy (non-hydrogen) atoms. The Labute approximate surface area is 167 Å². The molecule has 0 radical (unpaired) electrons. The lowest BCUT2D eigenvalue weighted by atomic mass is 10.1. The van der Waals surface area contributed by atoms with Gasteiger partial charge in [-0.15, -0.1) is 10.2 Å². The first-order valence-electron chi connectivity index (χ1n) is 8.28. The van der Waals surface area contributed by atoms with E-state index in [-0.39, 0.29) is 28.9 Å². The van der Waals surface area contributed by atoms with Gasteiger partial charge in [-0.3, -0.25) is 4.79 Å². The monoisotopic (exact) mass is 453 g/mol. The highest BCUT2D eigenvalue weighted by molar-refractivity contribution is 9.10. The third-order valence-corrected chi connectivity index (χ3v) is 4.58. The van der Waals surface area contributed by atoms with Gasteiger partial charge in [-0.05, 0) is 37.3 Å². The Bertz CT molecular complexity index is 985. The Hall–Kier alpha value is -2.68. The Kier molecular flexibility index (Phi) is 5.83. The lowest BCUT2D eigenvalue weighted by Crippen LogP contribution is -2.14. The molecule has 0 aliphatic heterocycles. The molecule has 0 fully saturated rings. The van der Waals surface area contributed by atoms with E-state index in [1.54, 1.807) is 0 Å². The largest absolute Gasteiger partial charge is 0.421 e. The van der Waals surface area contributed by atoms with E-state index in [0.29, 0.717) is 5.89 Å². The van der Waals surface area contributed by atoms with Crippen molar-refractivity contribution in [2.24, 2.45) is 0 Å². The number of benzene rings is 2. The summed E-state index contributed by atoms with van der Waals surface area (Å²) in [5.41, 5.74) is 1.07. The van der Waals surface area contributed by atoms with Crippen LogP contribution in [0.4, 0.5) is 18.9 Å². The first-order chi connectivity index (χ1) is 13.2. The molecule has 0 saturated heterocycles. The van der Waals surface area contributed by atoms with Gasteiger partial charge in [0.15, 0.2) is 0 Å². The fourth-order valence-electron chi connectivity index (χ4n) is 2.43. The minimum atomic E-state index is -4.52. The smallest absolute Gasteiger partial charge is 0.417 e. The van der Waals surface area contributed by atoms with Crippen LogP contribution in [0.5, 0.6) is 0 Å². The second-order valence-electron chi connectivity index (χ2n) is 6.11. The van der Waals surface area contributed by atoms with Gasteiger partial charge < -0.3 is 9.73 Å². The van der Waals surface area contributed by atoms with Crippen molar-refractivity contribution < 1.29 is 22.4 Å². The van der Waals surface area contributed by atoms with Crippen molar-refractivity contribution in [3.05, 3.63) is 64.0 Å². The summed E-state index contributed by atoms with van der Waals surface area (Å²) in [6.07, 6.45) is -4.35. The summed E-state index contributed by atoms with van der Waals surface area (Å²) in [6.45, 7) is 1.96.